The summed E-state index contributed by atoms with van der Waals surface area (Å²) < 4.78 is 5.14. The van der Waals surface area contributed by atoms with Crippen molar-refractivity contribution >= 4 is 11.6 Å². The molecular weight excluding hydrogens is 242 g/mol. The van der Waals surface area contributed by atoms with Crippen LogP contribution in [-0.4, -0.2) is 18.0 Å². The zero-order valence-corrected chi connectivity index (χ0v) is 10.3. The van der Waals surface area contributed by atoms with Crippen LogP contribution in [0.4, 0.5) is 5.69 Å². The molecule has 5 nitrogen and oxygen atoms in total. The van der Waals surface area contributed by atoms with Gasteiger partial charge in [0.05, 0.1) is 12.8 Å². The molecular formula is C14H11N3O2. The fourth-order valence-corrected chi connectivity index (χ4v) is 1.56. The van der Waals surface area contributed by atoms with E-state index in [2.05, 4.69) is 10.3 Å². The first-order valence-corrected chi connectivity index (χ1v) is 5.56. The van der Waals surface area contributed by atoms with Gasteiger partial charge < -0.3 is 10.1 Å². The Kier molecular flexibility index (Phi) is 3.74. The van der Waals surface area contributed by atoms with Gasteiger partial charge in [-0.05, 0) is 24.3 Å². The van der Waals surface area contributed by atoms with Crippen LogP contribution < -0.4 is 10.1 Å². The quantitative estimate of drug-likeness (QED) is 0.910. The van der Waals surface area contributed by atoms with Crippen molar-refractivity contribution in [3.8, 4) is 11.8 Å². The number of amides is 1. The number of methoxy groups -OCH3 is 1. The van der Waals surface area contributed by atoms with Crippen molar-refractivity contribution in [3.63, 3.8) is 0 Å². The first kappa shape index (κ1) is 12.6. The molecule has 2 rings (SSSR count). The lowest BCUT2D eigenvalue weighted by molar-refractivity contribution is 0.102. The van der Waals surface area contributed by atoms with Crippen LogP contribution in [0.2, 0.25) is 0 Å². The van der Waals surface area contributed by atoms with Gasteiger partial charge in [-0.2, -0.15) is 5.26 Å². The van der Waals surface area contributed by atoms with Crippen molar-refractivity contribution in [2.45, 2.75) is 0 Å². The summed E-state index contributed by atoms with van der Waals surface area (Å²) in [6, 6.07) is 13.7. The van der Waals surface area contributed by atoms with Crippen LogP contribution in [0.5, 0.6) is 5.75 Å². The molecule has 94 valence electrons. The number of nitrogens with zero attached hydrogens (tertiary/aromatic N) is 2. The normalized spacial score (nSPS) is 9.47. The maximum Gasteiger partial charge on any atom is 0.274 e. The third-order valence-corrected chi connectivity index (χ3v) is 2.45. The maximum atomic E-state index is 12.0. The molecule has 0 unspecified atom stereocenters. The number of ether oxygens (including phenoxy) is 1. The van der Waals surface area contributed by atoms with Gasteiger partial charge in [0, 0.05) is 0 Å². The topological polar surface area (TPSA) is 75.0 Å². The van der Waals surface area contributed by atoms with Crippen LogP contribution in [0.3, 0.4) is 0 Å². The third kappa shape index (κ3) is 2.87. The Morgan fingerprint density at radius 1 is 1.26 bits per heavy atom. The molecule has 0 aliphatic rings. The molecule has 0 bridgehead atoms. The number of para-hydroxylation sites is 2. The number of anilines is 1. The number of rotatable bonds is 3. The number of pyridine rings is 1. The number of nitriles is 1. The van der Waals surface area contributed by atoms with Crippen LogP contribution in [0.1, 0.15) is 16.2 Å². The molecule has 1 aromatic carbocycles. The van der Waals surface area contributed by atoms with E-state index in [9.17, 15) is 4.79 Å². The minimum absolute atomic E-state index is 0.185. The zero-order chi connectivity index (χ0) is 13.7. The molecule has 1 amide bonds. The van der Waals surface area contributed by atoms with Gasteiger partial charge in [0.1, 0.15) is 23.2 Å². The van der Waals surface area contributed by atoms with Crippen molar-refractivity contribution in [2.75, 3.05) is 12.4 Å². The standard InChI is InChI=1S/C14H11N3O2/c1-19-13-8-3-2-6-11(13)17-14(18)12-7-4-5-10(9-15)16-12/h2-8H,1H3,(H,17,18). The van der Waals surface area contributed by atoms with E-state index >= 15 is 0 Å². The van der Waals surface area contributed by atoms with E-state index in [0.29, 0.717) is 11.4 Å². The first-order valence-electron chi connectivity index (χ1n) is 5.56. The predicted molar refractivity (Wildman–Crippen MR) is 69.9 cm³/mol. The SMILES string of the molecule is COc1ccccc1NC(=O)c1cccc(C#N)n1. The van der Waals surface area contributed by atoms with Crippen LogP contribution in [0.25, 0.3) is 0 Å². The molecule has 0 atom stereocenters. The lowest BCUT2D eigenvalue weighted by Crippen LogP contribution is -2.14. The van der Waals surface area contributed by atoms with E-state index in [0.717, 1.165) is 0 Å². The molecule has 1 aromatic heterocycles. The molecule has 0 saturated carbocycles. The molecule has 0 spiro atoms. The van der Waals surface area contributed by atoms with Crippen LogP contribution >= 0.6 is 0 Å². The second kappa shape index (κ2) is 5.65. The molecule has 0 fully saturated rings. The van der Waals surface area contributed by atoms with Gasteiger partial charge in [-0.3, -0.25) is 4.79 Å². The van der Waals surface area contributed by atoms with Gasteiger partial charge >= 0.3 is 0 Å². The fourth-order valence-electron chi connectivity index (χ4n) is 1.56. The van der Waals surface area contributed by atoms with E-state index in [1.807, 2.05) is 12.1 Å². The van der Waals surface area contributed by atoms with Crippen molar-refractivity contribution in [2.24, 2.45) is 0 Å². The zero-order valence-electron chi connectivity index (χ0n) is 10.3. The highest BCUT2D eigenvalue weighted by atomic mass is 16.5. The molecule has 0 saturated heterocycles. The Labute approximate surface area is 110 Å². The molecule has 2 aromatic rings. The van der Waals surface area contributed by atoms with Gasteiger partial charge in [-0.25, -0.2) is 4.98 Å². The molecule has 5 heteroatoms. The van der Waals surface area contributed by atoms with E-state index < -0.39 is 0 Å². The molecule has 19 heavy (non-hydrogen) atoms. The minimum Gasteiger partial charge on any atom is -0.495 e. The predicted octanol–water partition coefficient (Wildman–Crippen LogP) is 2.21. The number of carbonyl (C=O) groups excluding carboxylic acids is 1. The molecule has 0 aliphatic carbocycles. The van der Waals surface area contributed by atoms with Gasteiger partial charge in [0.15, 0.2) is 0 Å². The minimum atomic E-state index is -0.387. The average molecular weight is 253 g/mol. The largest absolute Gasteiger partial charge is 0.495 e. The monoisotopic (exact) mass is 253 g/mol. The van der Waals surface area contributed by atoms with Crippen LogP contribution in [0.15, 0.2) is 42.5 Å². The Morgan fingerprint density at radius 2 is 2.05 bits per heavy atom. The van der Waals surface area contributed by atoms with E-state index in [1.165, 1.54) is 7.11 Å². The summed E-state index contributed by atoms with van der Waals surface area (Å²) in [5.41, 5.74) is 0.941. The summed E-state index contributed by atoms with van der Waals surface area (Å²) in [7, 11) is 1.53. The lowest BCUT2D eigenvalue weighted by atomic mass is 10.2. The molecule has 0 aliphatic heterocycles. The number of aromatic nitrogens is 1. The van der Waals surface area contributed by atoms with Gasteiger partial charge in [-0.1, -0.05) is 18.2 Å². The van der Waals surface area contributed by atoms with E-state index in [-0.39, 0.29) is 17.3 Å². The van der Waals surface area contributed by atoms with Crippen molar-refractivity contribution in [3.05, 3.63) is 53.9 Å². The highest BCUT2D eigenvalue weighted by molar-refractivity contribution is 6.03. The van der Waals surface area contributed by atoms with Crippen molar-refractivity contribution < 1.29 is 9.53 Å². The number of hydrogen-bond donors (Lipinski definition) is 1. The van der Waals surface area contributed by atoms with E-state index in [1.54, 1.807) is 36.4 Å². The van der Waals surface area contributed by atoms with Crippen molar-refractivity contribution in [1.82, 2.24) is 4.98 Å². The van der Waals surface area contributed by atoms with Gasteiger partial charge in [-0.15, -0.1) is 0 Å². The molecule has 1 heterocycles. The summed E-state index contributed by atoms with van der Waals surface area (Å²) in [6.45, 7) is 0. The number of benzene rings is 1. The molecule has 1 N–H and O–H groups in total. The summed E-state index contributed by atoms with van der Waals surface area (Å²) >= 11 is 0. The first-order chi connectivity index (χ1) is 9.24. The smallest absolute Gasteiger partial charge is 0.274 e. The number of nitrogens with one attached hydrogen (secondary N) is 1. The van der Waals surface area contributed by atoms with E-state index in [4.69, 9.17) is 10.00 Å². The molecule has 0 radical (unpaired) electrons. The third-order valence-electron chi connectivity index (χ3n) is 2.45. The summed E-state index contributed by atoms with van der Waals surface area (Å²) in [4.78, 5) is 15.9. The maximum absolute atomic E-state index is 12.0. The van der Waals surface area contributed by atoms with Crippen LogP contribution in [-0.2, 0) is 0 Å². The second-order valence-corrected chi connectivity index (χ2v) is 3.67. The summed E-state index contributed by atoms with van der Waals surface area (Å²) in [6.07, 6.45) is 0. The average Bonchev–Trinajstić information content (AvgIpc) is 2.47. The highest BCUT2D eigenvalue weighted by Gasteiger charge is 2.10. The Hall–Kier alpha value is -2.87. The number of carbonyl (C=O) groups is 1. The Morgan fingerprint density at radius 3 is 2.79 bits per heavy atom. The van der Waals surface area contributed by atoms with Gasteiger partial charge in [0.2, 0.25) is 0 Å². The van der Waals surface area contributed by atoms with Gasteiger partial charge in [0.25, 0.3) is 5.91 Å². The fraction of sp³-hybridized carbons (Fsp3) is 0.0714. The van der Waals surface area contributed by atoms with Crippen molar-refractivity contribution in [1.29, 1.82) is 5.26 Å². The Balaban J connectivity index is 2.23. The lowest BCUT2D eigenvalue weighted by Gasteiger charge is -2.09. The summed E-state index contributed by atoms with van der Waals surface area (Å²) in [5.74, 6) is 0.175. The summed E-state index contributed by atoms with van der Waals surface area (Å²) in [5, 5.41) is 11.4. The van der Waals surface area contributed by atoms with Crippen LogP contribution in [0, 0.1) is 11.3 Å². The second-order valence-electron chi connectivity index (χ2n) is 3.67. The Bertz CT molecular complexity index is 647. The number of hydrogen-bond acceptors (Lipinski definition) is 4. The highest BCUT2D eigenvalue weighted by Crippen LogP contribution is 2.23.